The number of benzene rings is 1. The first kappa shape index (κ1) is 8.97. The van der Waals surface area contributed by atoms with Crippen molar-refractivity contribution < 1.29 is 13.5 Å². The van der Waals surface area contributed by atoms with Crippen LogP contribution in [-0.2, 0) is 0 Å². The zero-order chi connectivity index (χ0) is 8.97. The Balaban J connectivity index is 2.69. The molecule has 0 bridgehead atoms. The summed E-state index contributed by atoms with van der Waals surface area (Å²) in [5.41, 5.74) is 0. The molecule has 12 heavy (non-hydrogen) atoms. The highest BCUT2D eigenvalue weighted by atomic mass is 19.2. The largest absolute Gasteiger partial charge is 0.493 e. The number of halogens is 2. The molecule has 0 fully saturated rings. The van der Waals surface area contributed by atoms with Crippen LogP contribution in [0, 0.1) is 11.6 Å². The molecule has 0 spiro atoms. The summed E-state index contributed by atoms with van der Waals surface area (Å²) in [6.45, 7) is 2.46. The normalized spacial score (nSPS) is 9.92. The van der Waals surface area contributed by atoms with Crippen LogP contribution in [0.4, 0.5) is 8.78 Å². The first-order chi connectivity index (χ1) is 5.74. The molecule has 0 N–H and O–H groups in total. The smallest absolute Gasteiger partial charge is 0.162 e. The second-order valence-corrected chi connectivity index (χ2v) is 2.42. The zero-order valence-electron chi connectivity index (χ0n) is 6.81. The molecule has 0 aromatic heterocycles. The highest BCUT2D eigenvalue weighted by Gasteiger charge is 2.01. The molecule has 0 amide bonds. The second kappa shape index (κ2) is 4.04. The van der Waals surface area contributed by atoms with Crippen molar-refractivity contribution >= 4 is 0 Å². The van der Waals surface area contributed by atoms with E-state index in [0.29, 0.717) is 12.4 Å². The maximum absolute atomic E-state index is 12.6. The van der Waals surface area contributed by atoms with E-state index in [1.165, 1.54) is 6.07 Å². The van der Waals surface area contributed by atoms with E-state index in [4.69, 9.17) is 4.74 Å². The average molecular weight is 172 g/mol. The van der Waals surface area contributed by atoms with Gasteiger partial charge >= 0.3 is 0 Å². The fourth-order valence-electron chi connectivity index (χ4n) is 0.787. The summed E-state index contributed by atoms with van der Waals surface area (Å²) < 4.78 is 30.0. The van der Waals surface area contributed by atoms with Crippen LogP contribution in [0.15, 0.2) is 18.2 Å². The molecule has 0 unspecified atom stereocenters. The van der Waals surface area contributed by atoms with E-state index in [-0.39, 0.29) is 0 Å². The van der Waals surface area contributed by atoms with E-state index in [1.807, 2.05) is 6.92 Å². The monoisotopic (exact) mass is 172 g/mol. The Morgan fingerprint density at radius 1 is 1.25 bits per heavy atom. The van der Waals surface area contributed by atoms with Gasteiger partial charge in [0.2, 0.25) is 0 Å². The third-order valence-electron chi connectivity index (χ3n) is 1.36. The standard InChI is InChI=1S/C9H10F2O/c1-2-5-12-7-3-4-8(10)9(11)6-7/h3-4,6H,2,5H2,1H3. The minimum atomic E-state index is -0.872. The molecule has 0 aliphatic rings. The van der Waals surface area contributed by atoms with E-state index in [1.54, 1.807) is 0 Å². The molecule has 0 heterocycles. The molecule has 0 aliphatic heterocycles. The summed E-state index contributed by atoms with van der Waals surface area (Å²) in [6, 6.07) is 3.51. The predicted molar refractivity (Wildman–Crippen MR) is 42.1 cm³/mol. The van der Waals surface area contributed by atoms with E-state index >= 15 is 0 Å². The average Bonchev–Trinajstić information content (AvgIpc) is 2.07. The highest BCUT2D eigenvalue weighted by Crippen LogP contribution is 2.15. The lowest BCUT2D eigenvalue weighted by molar-refractivity contribution is 0.314. The topological polar surface area (TPSA) is 9.23 Å². The molecule has 1 aromatic carbocycles. The first-order valence-corrected chi connectivity index (χ1v) is 3.82. The van der Waals surface area contributed by atoms with Gasteiger partial charge < -0.3 is 4.74 Å². The summed E-state index contributed by atoms with van der Waals surface area (Å²) in [4.78, 5) is 0. The Morgan fingerprint density at radius 3 is 2.58 bits per heavy atom. The quantitative estimate of drug-likeness (QED) is 0.681. The van der Waals surface area contributed by atoms with Crippen molar-refractivity contribution in [3.8, 4) is 5.75 Å². The number of rotatable bonds is 3. The van der Waals surface area contributed by atoms with Crippen molar-refractivity contribution in [3.05, 3.63) is 29.8 Å². The van der Waals surface area contributed by atoms with Gasteiger partial charge in [-0.1, -0.05) is 6.92 Å². The van der Waals surface area contributed by atoms with Crippen molar-refractivity contribution in [2.24, 2.45) is 0 Å². The molecule has 3 heteroatoms. The van der Waals surface area contributed by atoms with Gasteiger partial charge in [0, 0.05) is 6.07 Å². The third-order valence-corrected chi connectivity index (χ3v) is 1.36. The van der Waals surface area contributed by atoms with Crippen LogP contribution in [0.3, 0.4) is 0 Å². The van der Waals surface area contributed by atoms with Crippen LogP contribution in [-0.4, -0.2) is 6.61 Å². The molecule has 0 aliphatic carbocycles. The molecular formula is C9H10F2O. The van der Waals surface area contributed by atoms with Crippen molar-refractivity contribution in [1.82, 2.24) is 0 Å². The maximum atomic E-state index is 12.6. The summed E-state index contributed by atoms with van der Waals surface area (Å²) in [6.07, 6.45) is 0.846. The fourth-order valence-corrected chi connectivity index (χ4v) is 0.787. The molecular weight excluding hydrogens is 162 g/mol. The van der Waals surface area contributed by atoms with Gasteiger partial charge in [0.25, 0.3) is 0 Å². The number of ether oxygens (including phenoxy) is 1. The molecule has 0 saturated heterocycles. The van der Waals surface area contributed by atoms with Crippen LogP contribution < -0.4 is 4.74 Å². The van der Waals surface area contributed by atoms with Gasteiger partial charge in [0.05, 0.1) is 6.61 Å². The van der Waals surface area contributed by atoms with Gasteiger partial charge in [-0.3, -0.25) is 0 Å². The fraction of sp³-hybridized carbons (Fsp3) is 0.333. The van der Waals surface area contributed by atoms with E-state index in [2.05, 4.69) is 0 Å². The zero-order valence-corrected chi connectivity index (χ0v) is 6.81. The van der Waals surface area contributed by atoms with Crippen LogP contribution in [0.1, 0.15) is 13.3 Å². The van der Waals surface area contributed by atoms with Gasteiger partial charge in [-0.05, 0) is 18.6 Å². The van der Waals surface area contributed by atoms with Crippen molar-refractivity contribution in [2.75, 3.05) is 6.61 Å². The van der Waals surface area contributed by atoms with E-state index in [0.717, 1.165) is 18.6 Å². The minimum absolute atomic E-state index is 0.371. The van der Waals surface area contributed by atoms with Gasteiger partial charge in [0.15, 0.2) is 11.6 Å². The summed E-state index contributed by atoms with van der Waals surface area (Å²) in [7, 11) is 0. The molecule has 1 aromatic rings. The van der Waals surface area contributed by atoms with Crippen LogP contribution in [0.5, 0.6) is 5.75 Å². The maximum Gasteiger partial charge on any atom is 0.162 e. The predicted octanol–water partition coefficient (Wildman–Crippen LogP) is 2.75. The number of hydrogen-bond donors (Lipinski definition) is 0. The lowest BCUT2D eigenvalue weighted by Crippen LogP contribution is -1.95. The Hall–Kier alpha value is -1.12. The van der Waals surface area contributed by atoms with Crippen molar-refractivity contribution in [1.29, 1.82) is 0 Å². The molecule has 0 atom stereocenters. The summed E-state index contributed by atoms with van der Waals surface area (Å²) in [5.74, 6) is -1.35. The van der Waals surface area contributed by atoms with Crippen LogP contribution in [0.25, 0.3) is 0 Å². The lowest BCUT2D eigenvalue weighted by atomic mass is 10.3. The van der Waals surface area contributed by atoms with Crippen LogP contribution >= 0.6 is 0 Å². The van der Waals surface area contributed by atoms with E-state index in [9.17, 15) is 8.78 Å². The second-order valence-electron chi connectivity index (χ2n) is 2.42. The molecule has 1 nitrogen and oxygen atoms in total. The number of hydrogen-bond acceptors (Lipinski definition) is 1. The Kier molecular flexibility index (Phi) is 3.02. The van der Waals surface area contributed by atoms with Gasteiger partial charge in [-0.15, -0.1) is 0 Å². The molecule has 66 valence electrons. The van der Waals surface area contributed by atoms with Crippen molar-refractivity contribution in [3.63, 3.8) is 0 Å². The van der Waals surface area contributed by atoms with Gasteiger partial charge in [0.1, 0.15) is 5.75 Å². The Morgan fingerprint density at radius 2 is 2.00 bits per heavy atom. The van der Waals surface area contributed by atoms with E-state index < -0.39 is 11.6 Å². The minimum Gasteiger partial charge on any atom is -0.493 e. The summed E-state index contributed by atoms with van der Waals surface area (Å²) in [5, 5.41) is 0. The molecule has 1 rings (SSSR count). The molecule has 0 saturated carbocycles. The van der Waals surface area contributed by atoms with Crippen molar-refractivity contribution in [2.45, 2.75) is 13.3 Å². The van der Waals surface area contributed by atoms with Gasteiger partial charge in [-0.25, -0.2) is 8.78 Å². The van der Waals surface area contributed by atoms with Crippen LogP contribution in [0.2, 0.25) is 0 Å². The third kappa shape index (κ3) is 2.19. The SMILES string of the molecule is CCCOc1ccc(F)c(F)c1. The Labute approximate surface area is 70.0 Å². The van der Waals surface area contributed by atoms with Gasteiger partial charge in [-0.2, -0.15) is 0 Å². The summed E-state index contributed by atoms with van der Waals surface area (Å²) >= 11 is 0. The molecule has 0 radical (unpaired) electrons. The highest BCUT2D eigenvalue weighted by molar-refractivity contribution is 5.23. The lowest BCUT2D eigenvalue weighted by Gasteiger charge is -2.03. The Bertz CT molecular complexity index is 261. The first-order valence-electron chi connectivity index (χ1n) is 3.82.